The molecule has 0 amide bonds. The molecule has 2 rings (SSSR count). The summed E-state index contributed by atoms with van der Waals surface area (Å²) in [7, 11) is 0. The van der Waals surface area contributed by atoms with Crippen molar-refractivity contribution in [1.82, 2.24) is 9.97 Å². The van der Waals surface area contributed by atoms with Crippen molar-refractivity contribution in [3.8, 4) is 0 Å². The van der Waals surface area contributed by atoms with Crippen LogP contribution in [0.1, 0.15) is 42.4 Å². The van der Waals surface area contributed by atoms with Gasteiger partial charge in [0.2, 0.25) is 0 Å². The van der Waals surface area contributed by atoms with Crippen LogP contribution in [-0.2, 0) is 6.54 Å². The van der Waals surface area contributed by atoms with Crippen LogP contribution in [0.2, 0.25) is 0 Å². The summed E-state index contributed by atoms with van der Waals surface area (Å²) < 4.78 is 0. The lowest BCUT2D eigenvalue weighted by atomic mass is 10.0. The SMILES string of the molecule is Cc1cc(NCc2ccc(C(C)C)cc2)nc(C)n1. The van der Waals surface area contributed by atoms with Gasteiger partial charge in [-0.2, -0.15) is 0 Å². The zero-order valence-corrected chi connectivity index (χ0v) is 12.1. The first-order chi connectivity index (χ1) is 9.04. The highest BCUT2D eigenvalue weighted by atomic mass is 15.0. The number of anilines is 1. The Labute approximate surface area is 115 Å². The molecule has 1 aromatic carbocycles. The maximum absolute atomic E-state index is 4.37. The molecule has 1 heterocycles. The van der Waals surface area contributed by atoms with Crippen molar-refractivity contribution >= 4 is 5.82 Å². The number of hydrogen-bond acceptors (Lipinski definition) is 3. The summed E-state index contributed by atoms with van der Waals surface area (Å²) in [4.78, 5) is 8.64. The zero-order valence-electron chi connectivity index (χ0n) is 12.1. The van der Waals surface area contributed by atoms with Crippen molar-refractivity contribution in [2.75, 3.05) is 5.32 Å². The number of aryl methyl sites for hydroxylation is 2. The molecule has 2 aromatic rings. The third kappa shape index (κ3) is 3.78. The fraction of sp³-hybridized carbons (Fsp3) is 0.375. The van der Waals surface area contributed by atoms with Crippen molar-refractivity contribution in [3.05, 3.63) is 53.0 Å². The standard InChI is InChI=1S/C16H21N3/c1-11(2)15-7-5-14(6-8-15)10-17-16-9-12(3)18-13(4)19-16/h5-9,11H,10H2,1-4H3,(H,17,18,19). The molecular weight excluding hydrogens is 234 g/mol. The first-order valence-electron chi connectivity index (χ1n) is 6.69. The van der Waals surface area contributed by atoms with Gasteiger partial charge in [-0.3, -0.25) is 0 Å². The highest BCUT2D eigenvalue weighted by Crippen LogP contribution is 2.15. The average molecular weight is 255 g/mol. The van der Waals surface area contributed by atoms with E-state index in [0.717, 1.165) is 23.9 Å². The van der Waals surface area contributed by atoms with Gasteiger partial charge in [-0.1, -0.05) is 38.1 Å². The maximum atomic E-state index is 4.37. The Kier molecular flexibility index (Phi) is 4.15. The van der Waals surface area contributed by atoms with Crippen molar-refractivity contribution in [1.29, 1.82) is 0 Å². The van der Waals surface area contributed by atoms with E-state index in [0.29, 0.717) is 5.92 Å². The topological polar surface area (TPSA) is 37.8 Å². The monoisotopic (exact) mass is 255 g/mol. The van der Waals surface area contributed by atoms with Crippen LogP contribution in [-0.4, -0.2) is 9.97 Å². The van der Waals surface area contributed by atoms with E-state index in [-0.39, 0.29) is 0 Å². The molecule has 0 aliphatic rings. The maximum Gasteiger partial charge on any atom is 0.130 e. The number of benzene rings is 1. The molecule has 3 heteroatoms. The molecular formula is C16H21N3. The van der Waals surface area contributed by atoms with E-state index in [1.165, 1.54) is 11.1 Å². The van der Waals surface area contributed by atoms with Gasteiger partial charge >= 0.3 is 0 Å². The summed E-state index contributed by atoms with van der Waals surface area (Å²) in [6, 6.07) is 10.7. The normalized spacial score (nSPS) is 10.8. The Hall–Kier alpha value is -1.90. The lowest BCUT2D eigenvalue weighted by Gasteiger charge is -2.09. The number of rotatable bonds is 4. The van der Waals surface area contributed by atoms with Crippen LogP contribution in [0, 0.1) is 13.8 Å². The highest BCUT2D eigenvalue weighted by Gasteiger charge is 2.01. The molecule has 1 aromatic heterocycles. The molecule has 0 saturated carbocycles. The van der Waals surface area contributed by atoms with Crippen LogP contribution >= 0.6 is 0 Å². The minimum atomic E-state index is 0.578. The van der Waals surface area contributed by atoms with E-state index in [2.05, 4.69) is 53.4 Å². The number of aromatic nitrogens is 2. The number of nitrogens with zero attached hydrogens (tertiary/aromatic N) is 2. The Morgan fingerprint density at radius 1 is 1.05 bits per heavy atom. The first kappa shape index (κ1) is 13.5. The first-order valence-corrected chi connectivity index (χ1v) is 6.69. The van der Waals surface area contributed by atoms with Crippen LogP contribution < -0.4 is 5.32 Å². The lowest BCUT2D eigenvalue weighted by molar-refractivity contribution is 0.865. The van der Waals surface area contributed by atoms with Crippen LogP contribution in [0.3, 0.4) is 0 Å². The van der Waals surface area contributed by atoms with E-state index in [1.807, 2.05) is 19.9 Å². The molecule has 0 atom stereocenters. The summed E-state index contributed by atoms with van der Waals surface area (Å²) in [6.07, 6.45) is 0. The average Bonchev–Trinajstić information content (AvgIpc) is 2.36. The predicted molar refractivity (Wildman–Crippen MR) is 79.4 cm³/mol. The fourth-order valence-corrected chi connectivity index (χ4v) is 2.02. The van der Waals surface area contributed by atoms with E-state index < -0.39 is 0 Å². The molecule has 0 aliphatic carbocycles. The van der Waals surface area contributed by atoms with Gasteiger partial charge in [0.25, 0.3) is 0 Å². The van der Waals surface area contributed by atoms with Gasteiger partial charge in [0.15, 0.2) is 0 Å². The minimum absolute atomic E-state index is 0.578. The summed E-state index contributed by atoms with van der Waals surface area (Å²) in [5.74, 6) is 2.27. The Balaban J connectivity index is 2.02. The Bertz CT molecular complexity index is 524. The summed E-state index contributed by atoms with van der Waals surface area (Å²) in [5, 5.41) is 3.34. The lowest BCUT2D eigenvalue weighted by Crippen LogP contribution is -2.04. The van der Waals surface area contributed by atoms with Gasteiger partial charge in [-0.25, -0.2) is 9.97 Å². The minimum Gasteiger partial charge on any atom is -0.366 e. The molecule has 0 bridgehead atoms. The van der Waals surface area contributed by atoms with E-state index in [4.69, 9.17) is 0 Å². The van der Waals surface area contributed by atoms with Gasteiger partial charge in [0, 0.05) is 18.3 Å². The molecule has 0 unspecified atom stereocenters. The molecule has 0 spiro atoms. The molecule has 100 valence electrons. The molecule has 1 N–H and O–H groups in total. The largest absolute Gasteiger partial charge is 0.366 e. The van der Waals surface area contributed by atoms with Gasteiger partial charge in [-0.15, -0.1) is 0 Å². The Morgan fingerprint density at radius 3 is 2.32 bits per heavy atom. The second-order valence-corrected chi connectivity index (χ2v) is 5.19. The van der Waals surface area contributed by atoms with Crippen LogP contribution in [0.5, 0.6) is 0 Å². The van der Waals surface area contributed by atoms with Gasteiger partial charge in [-0.05, 0) is 30.9 Å². The second kappa shape index (κ2) is 5.83. The van der Waals surface area contributed by atoms with Crippen molar-refractivity contribution in [2.45, 2.75) is 40.2 Å². The van der Waals surface area contributed by atoms with Crippen molar-refractivity contribution in [2.24, 2.45) is 0 Å². The van der Waals surface area contributed by atoms with E-state index >= 15 is 0 Å². The number of nitrogens with one attached hydrogen (secondary N) is 1. The Morgan fingerprint density at radius 2 is 1.74 bits per heavy atom. The number of hydrogen-bond donors (Lipinski definition) is 1. The van der Waals surface area contributed by atoms with E-state index in [9.17, 15) is 0 Å². The van der Waals surface area contributed by atoms with Crippen molar-refractivity contribution < 1.29 is 0 Å². The molecule has 3 nitrogen and oxygen atoms in total. The summed E-state index contributed by atoms with van der Waals surface area (Å²) in [6.45, 7) is 9.10. The molecule has 19 heavy (non-hydrogen) atoms. The van der Waals surface area contributed by atoms with Crippen LogP contribution in [0.4, 0.5) is 5.82 Å². The van der Waals surface area contributed by atoms with Gasteiger partial charge in [0.05, 0.1) is 0 Å². The van der Waals surface area contributed by atoms with Crippen LogP contribution in [0.15, 0.2) is 30.3 Å². The molecule has 0 aliphatic heterocycles. The highest BCUT2D eigenvalue weighted by molar-refractivity contribution is 5.37. The summed E-state index contributed by atoms with van der Waals surface area (Å²) >= 11 is 0. The van der Waals surface area contributed by atoms with Gasteiger partial charge in [0.1, 0.15) is 11.6 Å². The summed E-state index contributed by atoms with van der Waals surface area (Å²) in [5.41, 5.74) is 3.63. The van der Waals surface area contributed by atoms with Crippen molar-refractivity contribution in [3.63, 3.8) is 0 Å². The quantitative estimate of drug-likeness (QED) is 0.902. The fourth-order valence-electron chi connectivity index (χ4n) is 2.02. The smallest absolute Gasteiger partial charge is 0.130 e. The molecule has 0 radical (unpaired) electrons. The predicted octanol–water partition coefficient (Wildman–Crippen LogP) is 3.83. The van der Waals surface area contributed by atoms with Crippen LogP contribution in [0.25, 0.3) is 0 Å². The third-order valence-corrected chi connectivity index (χ3v) is 3.09. The van der Waals surface area contributed by atoms with Gasteiger partial charge < -0.3 is 5.32 Å². The zero-order chi connectivity index (χ0) is 13.8. The third-order valence-electron chi connectivity index (χ3n) is 3.09. The van der Waals surface area contributed by atoms with E-state index in [1.54, 1.807) is 0 Å². The molecule has 0 fully saturated rings. The molecule has 0 saturated heterocycles. The second-order valence-electron chi connectivity index (χ2n) is 5.19.